The quantitative estimate of drug-likeness (QED) is 0.933. The Balaban J connectivity index is 2.12. The van der Waals surface area contributed by atoms with Gasteiger partial charge < -0.3 is 14.6 Å². The van der Waals surface area contributed by atoms with Gasteiger partial charge in [0, 0.05) is 17.6 Å². The molecule has 2 aromatic rings. The number of aromatic nitrogens is 2. The van der Waals surface area contributed by atoms with Crippen LogP contribution in [0.1, 0.15) is 5.82 Å². The lowest BCUT2D eigenvalue weighted by Crippen LogP contribution is -2.06. The number of hydrogen-bond acceptors (Lipinski definition) is 3. The maximum absolute atomic E-state index is 5.93. The first-order chi connectivity index (χ1) is 8.61. The topological polar surface area (TPSA) is 39.1 Å². The fraction of sp³-hybridized carbons (Fsp3) is 0.250. The second-order valence-corrected chi connectivity index (χ2v) is 5.00. The maximum atomic E-state index is 5.93. The van der Waals surface area contributed by atoms with E-state index in [1.165, 1.54) is 0 Å². The Kier molecular flexibility index (Phi) is 4.14. The van der Waals surface area contributed by atoms with Gasteiger partial charge in [0.15, 0.2) is 0 Å². The van der Waals surface area contributed by atoms with Crippen molar-refractivity contribution in [1.29, 1.82) is 0 Å². The van der Waals surface area contributed by atoms with Crippen LogP contribution in [-0.4, -0.2) is 16.7 Å². The molecular weight excluding hydrogens is 318 g/mol. The average molecular weight is 331 g/mol. The minimum atomic E-state index is 0.592. The van der Waals surface area contributed by atoms with Crippen molar-refractivity contribution in [3.8, 4) is 5.75 Å². The summed E-state index contributed by atoms with van der Waals surface area (Å²) >= 11 is 9.42. The molecule has 1 aromatic carbocycles. The molecule has 0 spiro atoms. The molecular formula is C12H13BrClN3O. The second-order valence-electron chi connectivity index (χ2n) is 3.76. The Labute approximate surface area is 119 Å². The highest BCUT2D eigenvalue weighted by Gasteiger charge is 2.06. The molecule has 0 radical (unpaired) electrons. The van der Waals surface area contributed by atoms with Gasteiger partial charge in [0.25, 0.3) is 0 Å². The molecule has 1 N–H and O–H groups in total. The zero-order chi connectivity index (χ0) is 13.1. The minimum Gasteiger partial charge on any atom is -0.497 e. The highest BCUT2D eigenvalue weighted by Crippen LogP contribution is 2.27. The summed E-state index contributed by atoms with van der Waals surface area (Å²) in [5.41, 5.74) is 0.952. The summed E-state index contributed by atoms with van der Waals surface area (Å²) in [5, 5.41) is 3.91. The highest BCUT2D eigenvalue weighted by molar-refractivity contribution is 9.10. The third-order valence-electron chi connectivity index (χ3n) is 2.64. The number of methoxy groups -OCH3 is 1. The molecule has 1 heterocycles. The maximum Gasteiger partial charge on any atom is 0.128 e. The van der Waals surface area contributed by atoms with Gasteiger partial charge in [-0.05, 0) is 28.1 Å². The number of hydrogen-bond donors (Lipinski definition) is 1. The molecule has 0 fully saturated rings. The third-order valence-corrected chi connectivity index (χ3v) is 3.68. The van der Waals surface area contributed by atoms with Gasteiger partial charge in [-0.3, -0.25) is 0 Å². The molecule has 0 saturated carbocycles. The van der Waals surface area contributed by atoms with E-state index in [1.54, 1.807) is 13.3 Å². The monoisotopic (exact) mass is 329 g/mol. The van der Waals surface area contributed by atoms with E-state index in [9.17, 15) is 0 Å². The number of anilines is 1. The fourth-order valence-corrected chi connectivity index (χ4v) is 2.06. The van der Waals surface area contributed by atoms with Crippen LogP contribution >= 0.6 is 27.5 Å². The summed E-state index contributed by atoms with van der Waals surface area (Å²) in [6, 6.07) is 5.76. The number of imidazole rings is 1. The summed E-state index contributed by atoms with van der Waals surface area (Å²) in [5.74, 6) is 1.67. The lowest BCUT2D eigenvalue weighted by Gasteiger charge is -2.10. The van der Waals surface area contributed by atoms with E-state index in [1.807, 2.05) is 29.8 Å². The molecule has 0 aliphatic rings. The molecule has 0 aliphatic heterocycles. The summed E-state index contributed by atoms with van der Waals surface area (Å²) < 4.78 is 8.00. The Hall–Kier alpha value is -1.20. The van der Waals surface area contributed by atoms with Gasteiger partial charge in [-0.1, -0.05) is 11.6 Å². The summed E-state index contributed by atoms with van der Waals surface area (Å²) in [6.07, 6.45) is 1.64. The molecule has 0 saturated heterocycles. The molecule has 0 atom stereocenters. The van der Waals surface area contributed by atoms with Gasteiger partial charge >= 0.3 is 0 Å². The molecule has 2 rings (SSSR count). The van der Waals surface area contributed by atoms with Gasteiger partial charge in [0.1, 0.15) is 16.7 Å². The van der Waals surface area contributed by atoms with Crippen LogP contribution in [0.4, 0.5) is 5.69 Å². The lowest BCUT2D eigenvalue weighted by molar-refractivity contribution is 0.415. The fourth-order valence-electron chi connectivity index (χ4n) is 1.53. The molecule has 96 valence electrons. The van der Waals surface area contributed by atoms with Crippen LogP contribution in [0.15, 0.2) is 28.9 Å². The predicted molar refractivity (Wildman–Crippen MR) is 76.2 cm³/mol. The van der Waals surface area contributed by atoms with E-state index < -0.39 is 0 Å². The number of halogens is 2. The van der Waals surface area contributed by atoms with E-state index in [4.69, 9.17) is 16.3 Å². The molecule has 0 bridgehead atoms. The normalized spacial score (nSPS) is 10.4. The highest BCUT2D eigenvalue weighted by atomic mass is 79.9. The Morgan fingerprint density at radius 1 is 1.50 bits per heavy atom. The largest absolute Gasteiger partial charge is 0.497 e. The van der Waals surface area contributed by atoms with Crippen molar-refractivity contribution in [3.63, 3.8) is 0 Å². The second kappa shape index (κ2) is 5.63. The first-order valence-electron chi connectivity index (χ1n) is 5.35. The summed E-state index contributed by atoms with van der Waals surface area (Å²) in [4.78, 5) is 4.22. The van der Waals surface area contributed by atoms with E-state index in [0.717, 1.165) is 21.7 Å². The van der Waals surface area contributed by atoms with Crippen molar-refractivity contribution in [3.05, 3.63) is 39.8 Å². The van der Waals surface area contributed by atoms with Crippen molar-refractivity contribution in [1.82, 2.24) is 9.55 Å². The number of ether oxygens (including phenoxy) is 1. The summed E-state index contributed by atoms with van der Waals surface area (Å²) in [6.45, 7) is 0.592. The van der Waals surface area contributed by atoms with Crippen LogP contribution in [0.5, 0.6) is 5.75 Å². The van der Waals surface area contributed by atoms with E-state index >= 15 is 0 Å². The molecule has 0 aliphatic carbocycles. The molecule has 18 heavy (non-hydrogen) atoms. The van der Waals surface area contributed by atoms with Crippen molar-refractivity contribution in [2.45, 2.75) is 6.54 Å². The Bertz CT molecular complexity index is 556. The van der Waals surface area contributed by atoms with Crippen molar-refractivity contribution in [2.24, 2.45) is 7.05 Å². The zero-order valence-electron chi connectivity index (χ0n) is 10.1. The van der Waals surface area contributed by atoms with E-state index in [-0.39, 0.29) is 0 Å². The number of nitrogens with one attached hydrogen (secondary N) is 1. The molecule has 0 unspecified atom stereocenters. The van der Waals surface area contributed by atoms with Gasteiger partial charge in [0.2, 0.25) is 0 Å². The zero-order valence-corrected chi connectivity index (χ0v) is 12.4. The van der Waals surface area contributed by atoms with Crippen LogP contribution in [0.3, 0.4) is 0 Å². The lowest BCUT2D eigenvalue weighted by atomic mass is 10.3. The van der Waals surface area contributed by atoms with Crippen molar-refractivity contribution >= 4 is 33.2 Å². The Morgan fingerprint density at radius 3 is 2.89 bits per heavy atom. The van der Waals surface area contributed by atoms with Crippen LogP contribution in [0.2, 0.25) is 5.15 Å². The number of nitrogens with zero attached hydrogens (tertiary/aromatic N) is 2. The van der Waals surface area contributed by atoms with Crippen LogP contribution in [-0.2, 0) is 13.6 Å². The molecule has 4 nitrogen and oxygen atoms in total. The van der Waals surface area contributed by atoms with Gasteiger partial charge in [-0.25, -0.2) is 4.98 Å². The third kappa shape index (κ3) is 2.79. The van der Waals surface area contributed by atoms with Crippen LogP contribution in [0.25, 0.3) is 0 Å². The van der Waals surface area contributed by atoms with Crippen molar-refractivity contribution in [2.75, 3.05) is 12.4 Å². The van der Waals surface area contributed by atoms with Gasteiger partial charge in [0.05, 0.1) is 25.5 Å². The Morgan fingerprint density at radius 2 is 2.28 bits per heavy atom. The van der Waals surface area contributed by atoms with Crippen molar-refractivity contribution < 1.29 is 4.74 Å². The molecule has 1 aromatic heterocycles. The SMILES string of the molecule is COc1ccc(Br)c(NCc2ncc(Cl)n2C)c1. The molecule has 0 amide bonds. The first-order valence-corrected chi connectivity index (χ1v) is 6.52. The van der Waals surface area contributed by atoms with E-state index in [0.29, 0.717) is 11.7 Å². The smallest absolute Gasteiger partial charge is 0.128 e. The standard InChI is InChI=1S/C12H13BrClN3O/c1-17-11(14)6-16-12(17)7-15-10-5-8(18-2)3-4-9(10)13/h3-6,15H,7H2,1-2H3. The molecule has 6 heteroatoms. The predicted octanol–water partition coefficient (Wildman–Crippen LogP) is 3.46. The van der Waals surface area contributed by atoms with Gasteiger partial charge in [-0.15, -0.1) is 0 Å². The van der Waals surface area contributed by atoms with Crippen LogP contribution in [0, 0.1) is 0 Å². The van der Waals surface area contributed by atoms with E-state index in [2.05, 4.69) is 26.2 Å². The van der Waals surface area contributed by atoms with Gasteiger partial charge in [-0.2, -0.15) is 0 Å². The first kappa shape index (κ1) is 13.2. The van der Waals surface area contributed by atoms with Crippen LogP contribution < -0.4 is 10.1 Å². The average Bonchev–Trinajstić information content (AvgIpc) is 2.69. The summed E-state index contributed by atoms with van der Waals surface area (Å²) in [7, 11) is 3.53. The number of benzene rings is 1. The number of rotatable bonds is 4. The minimum absolute atomic E-state index is 0.592.